The van der Waals surface area contributed by atoms with Gasteiger partial charge in [-0.3, -0.25) is 5.32 Å². The molecule has 1 aromatic rings. The lowest BCUT2D eigenvalue weighted by atomic mass is 9.83. The van der Waals surface area contributed by atoms with Crippen LogP contribution in [0.2, 0.25) is 0 Å². The summed E-state index contributed by atoms with van der Waals surface area (Å²) in [6, 6.07) is 5.66. The minimum atomic E-state index is -1.04. The number of benzene rings is 1. The Hall–Kier alpha value is -1.55. The number of rotatable bonds is 2. The summed E-state index contributed by atoms with van der Waals surface area (Å²) in [7, 11) is 0. The normalized spacial score (nSPS) is 18.9. The SMILES string of the molecule is O=C(O)Nc1cccc2c1CC(CO)CC2. The van der Waals surface area contributed by atoms with E-state index in [-0.39, 0.29) is 12.5 Å². The highest BCUT2D eigenvalue weighted by molar-refractivity contribution is 5.84. The zero-order chi connectivity index (χ0) is 11.5. The zero-order valence-electron chi connectivity index (χ0n) is 8.94. The largest absolute Gasteiger partial charge is 0.465 e. The van der Waals surface area contributed by atoms with Crippen LogP contribution in [-0.2, 0) is 12.8 Å². The van der Waals surface area contributed by atoms with Crippen molar-refractivity contribution in [2.75, 3.05) is 11.9 Å². The number of aryl methyl sites for hydroxylation is 1. The number of hydrogen-bond donors (Lipinski definition) is 3. The Morgan fingerprint density at radius 1 is 1.50 bits per heavy atom. The van der Waals surface area contributed by atoms with E-state index in [4.69, 9.17) is 10.2 Å². The molecule has 0 saturated heterocycles. The maximum Gasteiger partial charge on any atom is 0.409 e. The molecule has 0 radical (unpaired) electrons. The third-order valence-electron chi connectivity index (χ3n) is 3.09. The summed E-state index contributed by atoms with van der Waals surface area (Å²) in [6.07, 6.45) is 1.59. The van der Waals surface area contributed by atoms with Gasteiger partial charge in [-0.2, -0.15) is 0 Å². The quantitative estimate of drug-likeness (QED) is 0.714. The molecule has 86 valence electrons. The van der Waals surface area contributed by atoms with Gasteiger partial charge in [0.2, 0.25) is 0 Å². The van der Waals surface area contributed by atoms with Crippen molar-refractivity contribution >= 4 is 11.8 Å². The van der Waals surface area contributed by atoms with Gasteiger partial charge in [0.25, 0.3) is 0 Å². The van der Waals surface area contributed by atoms with Crippen LogP contribution in [0.4, 0.5) is 10.5 Å². The second kappa shape index (κ2) is 4.53. The summed E-state index contributed by atoms with van der Waals surface area (Å²) < 4.78 is 0. The molecule has 0 saturated carbocycles. The molecule has 4 heteroatoms. The molecule has 0 spiro atoms. The number of carbonyl (C=O) groups is 1. The molecule has 0 aliphatic heterocycles. The lowest BCUT2D eigenvalue weighted by Gasteiger charge is -2.24. The number of amides is 1. The molecule has 0 bridgehead atoms. The van der Waals surface area contributed by atoms with E-state index in [1.807, 2.05) is 12.1 Å². The second-order valence-electron chi connectivity index (χ2n) is 4.16. The summed E-state index contributed by atoms with van der Waals surface area (Å²) in [6.45, 7) is 0.168. The van der Waals surface area contributed by atoms with Crippen molar-refractivity contribution < 1.29 is 15.0 Å². The van der Waals surface area contributed by atoms with E-state index in [1.54, 1.807) is 6.07 Å². The van der Waals surface area contributed by atoms with Crippen molar-refractivity contribution in [1.82, 2.24) is 0 Å². The van der Waals surface area contributed by atoms with Crippen molar-refractivity contribution in [3.05, 3.63) is 29.3 Å². The van der Waals surface area contributed by atoms with Crippen molar-refractivity contribution in [2.45, 2.75) is 19.3 Å². The minimum absolute atomic E-state index is 0.168. The van der Waals surface area contributed by atoms with Gasteiger partial charge >= 0.3 is 6.09 Å². The average Bonchev–Trinajstić information content (AvgIpc) is 2.28. The number of nitrogens with one attached hydrogen (secondary N) is 1. The van der Waals surface area contributed by atoms with Crippen LogP contribution >= 0.6 is 0 Å². The van der Waals surface area contributed by atoms with E-state index in [2.05, 4.69) is 5.32 Å². The van der Waals surface area contributed by atoms with Gasteiger partial charge in [-0.05, 0) is 42.4 Å². The van der Waals surface area contributed by atoms with Crippen LogP contribution in [0.15, 0.2) is 18.2 Å². The lowest BCUT2D eigenvalue weighted by Crippen LogP contribution is -2.20. The number of aliphatic hydroxyl groups is 1. The first kappa shape index (κ1) is 11.0. The summed E-state index contributed by atoms with van der Waals surface area (Å²) >= 11 is 0. The molecule has 3 N–H and O–H groups in total. The topological polar surface area (TPSA) is 69.6 Å². The predicted molar refractivity (Wildman–Crippen MR) is 60.7 cm³/mol. The molecular formula is C12H15NO3. The highest BCUT2D eigenvalue weighted by Crippen LogP contribution is 2.30. The molecule has 1 aliphatic rings. The summed E-state index contributed by atoms with van der Waals surface area (Å²) in [5, 5.41) is 20.3. The first-order valence-corrected chi connectivity index (χ1v) is 5.42. The molecule has 1 unspecified atom stereocenters. The van der Waals surface area contributed by atoms with Crippen LogP contribution in [-0.4, -0.2) is 22.9 Å². The van der Waals surface area contributed by atoms with Crippen LogP contribution in [0.1, 0.15) is 17.5 Å². The van der Waals surface area contributed by atoms with E-state index in [1.165, 1.54) is 5.56 Å². The van der Waals surface area contributed by atoms with Gasteiger partial charge in [-0.15, -0.1) is 0 Å². The molecule has 1 aliphatic carbocycles. The van der Waals surface area contributed by atoms with Crippen LogP contribution < -0.4 is 5.32 Å². The van der Waals surface area contributed by atoms with Crippen molar-refractivity contribution in [3.63, 3.8) is 0 Å². The standard InChI is InChI=1S/C12H15NO3/c14-7-8-4-5-9-2-1-3-11(10(9)6-8)13-12(15)16/h1-3,8,13-14H,4-7H2,(H,15,16). The lowest BCUT2D eigenvalue weighted by molar-refractivity contribution is 0.209. The van der Waals surface area contributed by atoms with Gasteiger partial charge in [0.15, 0.2) is 0 Å². The summed E-state index contributed by atoms with van der Waals surface area (Å²) in [5.74, 6) is 0.254. The van der Waals surface area contributed by atoms with E-state index < -0.39 is 6.09 Å². The van der Waals surface area contributed by atoms with Crippen LogP contribution in [0.5, 0.6) is 0 Å². The number of anilines is 1. The maximum absolute atomic E-state index is 10.6. The molecule has 16 heavy (non-hydrogen) atoms. The van der Waals surface area contributed by atoms with E-state index in [0.29, 0.717) is 5.69 Å². The molecule has 0 heterocycles. The van der Waals surface area contributed by atoms with Gasteiger partial charge in [-0.25, -0.2) is 4.79 Å². The predicted octanol–water partition coefficient (Wildman–Crippen LogP) is 1.87. The zero-order valence-corrected chi connectivity index (χ0v) is 8.94. The number of fused-ring (bicyclic) bond motifs is 1. The molecule has 0 aromatic heterocycles. The van der Waals surface area contributed by atoms with Crippen molar-refractivity contribution in [2.24, 2.45) is 5.92 Å². The first-order valence-electron chi connectivity index (χ1n) is 5.42. The third-order valence-corrected chi connectivity index (χ3v) is 3.09. The molecule has 0 fully saturated rings. The maximum atomic E-state index is 10.6. The fourth-order valence-electron chi connectivity index (χ4n) is 2.25. The third kappa shape index (κ3) is 2.17. The molecule has 1 aromatic carbocycles. The summed E-state index contributed by atoms with van der Waals surface area (Å²) in [4.78, 5) is 10.6. The molecular weight excluding hydrogens is 206 g/mol. The van der Waals surface area contributed by atoms with E-state index in [9.17, 15) is 4.79 Å². The van der Waals surface area contributed by atoms with E-state index in [0.717, 1.165) is 24.8 Å². The number of hydrogen-bond acceptors (Lipinski definition) is 2. The Morgan fingerprint density at radius 3 is 3.00 bits per heavy atom. The van der Waals surface area contributed by atoms with Gasteiger partial charge in [0.1, 0.15) is 0 Å². The van der Waals surface area contributed by atoms with E-state index >= 15 is 0 Å². The monoisotopic (exact) mass is 221 g/mol. The van der Waals surface area contributed by atoms with Crippen molar-refractivity contribution in [3.8, 4) is 0 Å². The molecule has 1 amide bonds. The fraction of sp³-hybridized carbons (Fsp3) is 0.417. The highest BCUT2D eigenvalue weighted by atomic mass is 16.4. The van der Waals surface area contributed by atoms with Gasteiger partial charge in [0, 0.05) is 12.3 Å². The number of carboxylic acid groups (broad SMARTS) is 1. The second-order valence-corrected chi connectivity index (χ2v) is 4.16. The average molecular weight is 221 g/mol. The Balaban J connectivity index is 2.30. The van der Waals surface area contributed by atoms with Gasteiger partial charge in [-0.1, -0.05) is 12.1 Å². The Morgan fingerprint density at radius 2 is 2.31 bits per heavy atom. The minimum Gasteiger partial charge on any atom is -0.465 e. The van der Waals surface area contributed by atoms with Crippen molar-refractivity contribution in [1.29, 1.82) is 0 Å². The molecule has 2 rings (SSSR count). The summed E-state index contributed by atoms with van der Waals surface area (Å²) in [5.41, 5.74) is 2.88. The Kier molecular flexibility index (Phi) is 3.10. The van der Waals surface area contributed by atoms with Crippen LogP contribution in [0, 0.1) is 5.92 Å². The van der Waals surface area contributed by atoms with Gasteiger partial charge < -0.3 is 10.2 Å². The fourth-order valence-corrected chi connectivity index (χ4v) is 2.25. The Labute approximate surface area is 93.9 Å². The smallest absolute Gasteiger partial charge is 0.409 e. The molecule has 1 atom stereocenters. The first-order chi connectivity index (χ1) is 7.70. The number of aliphatic hydroxyl groups excluding tert-OH is 1. The highest BCUT2D eigenvalue weighted by Gasteiger charge is 2.20. The van der Waals surface area contributed by atoms with Crippen LogP contribution in [0.25, 0.3) is 0 Å². The molecule has 4 nitrogen and oxygen atoms in total. The van der Waals surface area contributed by atoms with Crippen LogP contribution in [0.3, 0.4) is 0 Å². The Bertz CT molecular complexity index is 403. The van der Waals surface area contributed by atoms with Gasteiger partial charge in [0.05, 0.1) is 0 Å².